The molecule has 9 heteroatoms. The normalized spacial score (nSPS) is 13.3. The monoisotopic (exact) mass is 483 g/mol. The van der Waals surface area contributed by atoms with Gasteiger partial charge in [-0.3, -0.25) is 9.78 Å². The smallest absolute Gasteiger partial charge is 0.388 e. The van der Waals surface area contributed by atoms with Crippen LogP contribution in [0.3, 0.4) is 0 Å². The molecule has 5 rings (SSSR count). The minimum absolute atomic E-state index is 0.277. The number of halogens is 3. The van der Waals surface area contributed by atoms with Crippen molar-refractivity contribution >= 4 is 33.4 Å². The molecule has 0 saturated heterocycles. The second kappa shape index (κ2) is 12.1. The van der Waals surface area contributed by atoms with Gasteiger partial charge in [0.2, 0.25) is 0 Å². The van der Waals surface area contributed by atoms with Gasteiger partial charge < -0.3 is 11.1 Å². The molecule has 1 aliphatic carbocycles. The molecule has 0 atom stereocenters. The van der Waals surface area contributed by atoms with Crippen LogP contribution in [0.2, 0.25) is 0 Å². The van der Waals surface area contributed by atoms with Crippen LogP contribution in [-0.4, -0.2) is 27.9 Å². The van der Waals surface area contributed by atoms with E-state index in [2.05, 4.69) is 20.3 Å². The average molecular weight is 484 g/mol. The lowest BCUT2D eigenvalue weighted by Gasteiger charge is -2.10. The minimum atomic E-state index is -4.42. The Morgan fingerprint density at radius 1 is 0.914 bits per heavy atom. The van der Waals surface area contributed by atoms with E-state index >= 15 is 0 Å². The second-order valence-corrected chi connectivity index (χ2v) is 8.07. The summed E-state index contributed by atoms with van der Waals surface area (Å²) in [5.74, 6) is -0.515. The van der Waals surface area contributed by atoms with Crippen LogP contribution in [0, 0.1) is 0 Å². The molecule has 35 heavy (non-hydrogen) atoms. The summed E-state index contributed by atoms with van der Waals surface area (Å²) in [6.07, 6.45) is 7.89. The fourth-order valence-corrected chi connectivity index (χ4v) is 3.69. The molecule has 4 aromatic rings. The molecule has 0 radical (unpaired) electrons. The Morgan fingerprint density at radius 2 is 1.57 bits per heavy atom. The number of alkyl halides is 3. The Morgan fingerprint density at radius 3 is 2.17 bits per heavy atom. The molecule has 1 saturated carbocycles. The fraction of sp³-hybridized carbons (Fsp3) is 0.308. The van der Waals surface area contributed by atoms with Crippen LogP contribution >= 0.6 is 0 Å². The SMILES string of the molecule is C1CCCCC1.CNc1cc(C(F)(F)F)nc2ccccc12.NC(=O)c1ccc2cnccc2n1. The van der Waals surface area contributed by atoms with Crippen LogP contribution in [0.1, 0.15) is 54.7 Å². The van der Waals surface area contributed by atoms with E-state index in [9.17, 15) is 18.0 Å². The van der Waals surface area contributed by atoms with Gasteiger partial charge in [-0.1, -0.05) is 56.7 Å². The highest BCUT2D eigenvalue weighted by Gasteiger charge is 2.33. The van der Waals surface area contributed by atoms with Crippen LogP contribution in [-0.2, 0) is 6.18 Å². The maximum Gasteiger partial charge on any atom is 0.433 e. The van der Waals surface area contributed by atoms with Gasteiger partial charge in [-0.15, -0.1) is 0 Å². The number of nitrogens with zero attached hydrogens (tertiary/aromatic N) is 3. The fourth-order valence-electron chi connectivity index (χ4n) is 3.69. The van der Waals surface area contributed by atoms with Crippen LogP contribution in [0.25, 0.3) is 21.8 Å². The molecule has 0 unspecified atom stereocenters. The number of nitrogens with two attached hydrogens (primary N) is 1. The number of carbonyl (C=O) groups excluding carboxylic acids is 1. The highest BCUT2D eigenvalue weighted by molar-refractivity contribution is 5.93. The topological polar surface area (TPSA) is 93.8 Å². The first-order valence-electron chi connectivity index (χ1n) is 11.4. The molecule has 0 bridgehead atoms. The number of nitrogens with one attached hydrogen (secondary N) is 1. The van der Waals surface area contributed by atoms with Crippen molar-refractivity contribution in [2.75, 3.05) is 12.4 Å². The lowest BCUT2D eigenvalue weighted by molar-refractivity contribution is -0.140. The molecule has 184 valence electrons. The van der Waals surface area contributed by atoms with Crippen molar-refractivity contribution in [1.29, 1.82) is 0 Å². The number of fused-ring (bicyclic) bond motifs is 2. The van der Waals surface area contributed by atoms with Gasteiger partial charge >= 0.3 is 6.18 Å². The number of rotatable bonds is 2. The van der Waals surface area contributed by atoms with Gasteiger partial charge in [0, 0.05) is 35.9 Å². The molecule has 1 aromatic carbocycles. The Hall–Kier alpha value is -3.75. The number of benzene rings is 1. The molecule has 3 N–H and O–H groups in total. The zero-order valence-corrected chi connectivity index (χ0v) is 19.5. The van der Waals surface area contributed by atoms with Gasteiger partial charge in [-0.05, 0) is 30.3 Å². The number of pyridine rings is 3. The third-order valence-corrected chi connectivity index (χ3v) is 5.52. The molecule has 3 heterocycles. The molecular formula is C26H28F3N5O. The summed E-state index contributed by atoms with van der Waals surface area (Å²) in [6.45, 7) is 0. The summed E-state index contributed by atoms with van der Waals surface area (Å²) in [4.78, 5) is 22.4. The number of anilines is 1. The van der Waals surface area contributed by atoms with E-state index in [1.807, 2.05) is 0 Å². The summed E-state index contributed by atoms with van der Waals surface area (Å²) in [6, 6.07) is 12.8. The summed E-state index contributed by atoms with van der Waals surface area (Å²) >= 11 is 0. The van der Waals surface area contributed by atoms with Gasteiger partial charge in [0.05, 0.1) is 11.0 Å². The first-order valence-corrected chi connectivity index (χ1v) is 11.4. The lowest BCUT2D eigenvalue weighted by atomic mass is 10.0. The Bertz CT molecular complexity index is 1260. The molecule has 1 amide bonds. The van der Waals surface area contributed by atoms with Gasteiger partial charge in [0.25, 0.3) is 5.91 Å². The number of para-hydroxylation sites is 1. The van der Waals surface area contributed by atoms with Crippen molar-refractivity contribution in [1.82, 2.24) is 15.0 Å². The lowest BCUT2D eigenvalue weighted by Crippen LogP contribution is -2.12. The maximum absolute atomic E-state index is 12.5. The van der Waals surface area contributed by atoms with E-state index < -0.39 is 17.8 Å². The quantitative estimate of drug-likeness (QED) is 0.346. The van der Waals surface area contributed by atoms with Crippen LogP contribution in [0.15, 0.2) is 60.9 Å². The Balaban J connectivity index is 0.000000161. The molecule has 6 nitrogen and oxygen atoms in total. The van der Waals surface area contributed by atoms with E-state index in [0.29, 0.717) is 16.6 Å². The summed E-state index contributed by atoms with van der Waals surface area (Å²) < 4.78 is 37.6. The first-order chi connectivity index (χ1) is 16.8. The van der Waals surface area contributed by atoms with E-state index in [0.717, 1.165) is 17.0 Å². The van der Waals surface area contributed by atoms with Gasteiger partial charge in [-0.2, -0.15) is 13.2 Å². The Labute approximate surface area is 201 Å². The predicted molar refractivity (Wildman–Crippen MR) is 132 cm³/mol. The van der Waals surface area contributed by atoms with Crippen molar-refractivity contribution in [2.45, 2.75) is 44.7 Å². The van der Waals surface area contributed by atoms with Gasteiger partial charge in [0.15, 0.2) is 0 Å². The number of primary amides is 1. The van der Waals surface area contributed by atoms with Crippen LogP contribution in [0.5, 0.6) is 0 Å². The molecule has 0 aliphatic heterocycles. The highest BCUT2D eigenvalue weighted by atomic mass is 19.4. The van der Waals surface area contributed by atoms with Crippen LogP contribution in [0.4, 0.5) is 18.9 Å². The third kappa shape index (κ3) is 7.37. The van der Waals surface area contributed by atoms with Gasteiger partial charge in [0.1, 0.15) is 11.4 Å². The van der Waals surface area contributed by atoms with E-state index in [1.165, 1.54) is 38.5 Å². The molecule has 1 aliphatic rings. The standard InChI is InChI=1S/C11H9F3N2.C9H7N3O.C6H12/c1-15-9-6-10(11(12,13)14)16-8-5-3-2-4-7(8)9;10-9(13)8-2-1-6-5-11-4-3-7(6)12-8;1-2-4-6-5-3-1/h2-6H,1H3,(H,15,16);1-5H,(H2,10,13);1-6H2. The van der Waals surface area contributed by atoms with E-state index in [-0.39, 0.29) is 5.69 Å². The van der Waals surface area contributed by atoms with Crippen molar-refractivity contribution in [3.8, 4) is 0 Å². The van der Waals surface area contributed by atoms with Crippen molar-refractivity contribution in [2.24, 2.45) is 5.73 Å². The number of carbonyl (C=O) groups is 1. The largest absolute Gasteiger partial charge is 0.433 e. The first kappa shape index (κ1) is 25.9. The van der Waals surface area contributed by atoms with E-state index in [1.54, 1.807) is 61.9 Å². The summed E-state index contributed by atoms with van der Waals surface area (Å²) in [5, 5.41) is 4.32. The van der Waals surface area contributed by atoms with Crippen LogP contribution < -0.4 is 11.1 Å². The zero-order chi connectivity index (χ0) is 25.3. The number of aromatic nitrogens is 3. The van der Waals surface area contributed by atoms with Gasteiger partial charge in [-0.25, -0.2) is 9.97 Å². The molecule has 1 fully saturated rings. The Kier molecular flexibility index (Phi) is 8.94. The summed E-state index contributed by atoms with van der Waals surface area (Å²) in [7, 11) is 1.59. The molecule has 0 spiro atoms. The highest BCUT2D eigenvalue weighted by Crippen LogP contribution is 2.32. The zero-order valence-electron chi connectivity index (χ0n) is 19.5. The molecular weight excluding hydrogens is 455 g/mol. The van der Waals surface area contributed by atoms with Crippen molar-refractivity contribution in [3.63, 3.8) is 0 Å². The number of hydrogen-bond acceptors (Lipinski definition) is 5. The number of hydrogen-bond donors (Lipinski definition) is 2. The van der Waals surface area contributed by atoms with E-state index in [4.69, 9.17) is 5.73 Å². The third-order valence-electron chi connectivity index (χ3n) is 5.52. The number of amides is 1. The maximum atomic E-state index is 12.5. The second-order valence-electron chi connectivity index (χ2n) is 8.07. The summed E-state index contributed by atoms with van der Waals surface area (Å²) in [5.41, 5.74) is 5.98. The minimum Gasteiger partial charge on any atom is -0.388 e. The average Bonchev–Trinajstić information content (AvgIpc) is 2.89. The van der Waals surface area contributed by atoms with Crippen molar-refractivity contribution in [3.05, 3.63) is 72.3 Å². The van der Waals surface area contributed by atoms with Crippen molar-refractivity contribution < 1.29 is 18.0 Å². The predicted octanol–water partition coefficient (Wildman–Crippen LogP) is 6.36. The molecule has 3 aromatic heterocycles.